The molecule has 2 aliphatic rings. The highest BCUT2D eigenvalue weighted by molar-refractivity contribution is 7.14. The molecule has 30 heavy (non-hydrogen) atoms. The van der Waals surface area contributed by atoms with Crippen molar-refractivity contribution in [3.8, 4) is 11.3 Å². The number of nitrogens with zero attached hydrogens (tertiary/aromatic N) is 2. The number of imide groups is 1. The van der Waals surface area contributed by atoms with Crippen LogP contribution in [0.3, 0.4) is 0 Å². The van der Waals surface area contributed by atoms with E-state index in [1.54, 1.807) is 0 Å². The van der Waals surface area contributed by atoms with Crippen LogP contribution in [0.15, 0.2) is 29.6 Å². The summed E-state index contributed by atoms with van der Waals surface area (Å²) in [6, 6.07) is 8.04. The largest absolute Gasteiger partial charge is 0.302 e. The fraction of sp³-hybridized carbons (Fsp3) is 0.478. The number of amides is 3. The molecule has 1 aromatic heterocycles. The zero-order chi connectivity index (χ0) is 21.7. The number of benzene rings is 1. The molecule has 1 N–H and O–H groups in total. The van der Waals surface area contributed by atoms with Gasteiger partial charge in [0.15, 0.2) is 5.13 Å². The molecule has 2 bridgehead atoms. The Balaban J connectivity index is 1.38. The number of hydrogen-bond donors (Lipinski definition) is 1. The van der Waals surface area contributed by atoms with Gasteiger partial charge in [0.05, 0.1) is 11.1 Å². The van der Waals surface area contributed by atoms with E-state index >= 15 is 0 Å². The molecule has 1 aromatic carbocycles. The Morgan fingerprint density at radius 3 is 2.63 bits per heavy atom. The van der Waals surface area contributed by atoms with E-state index in [0.717, 1.165) is 24.1 Å². The zero-order valence-electron chi connectivity index (χ0n) is 17.8. The fourth-order valence-electron chi connectivity index (χ4n) is 4.70. The number of likely N-dealkylation sites (tertiary alicyclic amines) is 1. The van der Waals surface area contributed by atoms with Crippen LogP contribution in [0.5, 0.6) is 0 Å². The van der Waals surface area contributed by atoms with Crippen molar-refractivity contribution in [1.82, 2.24) is 9.88 Å². The molecule has 3 amide bonds. The summed E-state index contributed by atoms with van der Waals surface area (Å²) in [5.74, 6) is -0.680. The summed E-state index contributed by atoms with van der Waals surface area (Å²) in [5.41, 5.74) is 2.10. The van der Waals surface area contributed by atoms with Gasteiger partial charge in [-0.3, -0.25) is 19.3 Å². The second-order valence-corrected chi connectivity index (χ2v) is 10.0. The predicted octanol–water partition coefficient (Wildman–Crippen LogP) is 4.26. The van der Waals surface area contributed by atoms with E-state index in [0.29, 0.717) is 5.13 Å². The monoisotopic (exact) mass is 425 g/mol. The summed E-state index contributed by atoms with van der Waals surface area (Å²) in [5, 5.41) is 5.21. The number of aryl methyl sites for hydroxylation is 1. The summed E-state index contributed by atoms with van der Waals surface area (Å²) < 4.78 is 0. The summed E-state index contributed by atoms with van der Waals surface area (Å²) in [6.45, 7) is 8.12. The van der Waals surface area contributed by atoms with Crippen LogP contribution in [0.25, 0.3) is 11.3 Å². The van der Waals surface area contributed by atoms with Crippen LogP contribution in [0.2, 0.25) is 0 Å². The number of fused-ring (bicyclic) bond motifs is 2. The lowest BCUT2D eigenvalue weighted by Gasteiger charge is -2.47. The Bertz CT molecular complexity index is 1010. The van der Waals surface area contributed by atoms with E-state index in [1.165, 1.54) is 21.8 Å². The van der Waals surface area contributed by atoms with Crippen molar-refractivity contribution >= 4 is 34.2 Å². The summed E-state index contributed by atoms with van der Waals surface area (Å²) in [4.78, 5) is 44.2. The first-order valence-electron chi connectivity index (χ1n) is 10.3. The third-order valence-corrected chi connectivity index (χ3v) is 7.93. The Morgan fingerprint density at radius 2 is 1.93 bits per heavy atom. The molecule has 1 aliphatic heterocycles. The summed E-state index contributed by atoms with van der Waals surface area (Å²) in [7, 11) is 0. The van der Waals surface area contributed by atoms with Crippen molar-refractivity contribution in [2.24, 2.45) is 16.7 Å². The van der Waals surface area contributed by atoms with Crippen molar-refractivity contribution in [3.05, 3.63) is 35.2 Å². The van der Waals surface area contributed by atoms with E-state index in [1.807, 2.05) is 57.3 Å². The van der Waals surface area contributed by atoms with Crippen LogP contribution in [-0.4, -0.2) is 34.2 Å². The number of anilines is 1. The van der Waals surface area contributed by atoms with Gasteiger partial charge in [0.25, 0.3) is 0 Å². The van der Waals surface area contributed by atoms with Gasteiger partial charge in [-0.25, -0.2) is 4.98 Å². The number of hydrogen-bond acceptors (Lipinski definition) is 5. The molecular formula is C23H27N3O3S. The van der Waals surface area contributed by atoms with Gasteiger partial charge >= 0.3 is 0 Å². The van der Waals surface area contributed by atoms with Crippen LogP contribution in [0.1, 0.15) is 45.6 Å². The second-order valence-electron chi connectivity index (χ2n) is 9.14. The van der Waals surface area contributed by atoms with Crippen molar-refractivity contribution in [3.63, 3.8) is 0 Å². The van der Waals surface area contributed by atoms with Crippen LogP contribution < -0.4 is 5.32 Å². The quantitative estimate of drug-likeness (QED) is 0.726. The zero-order valence-corrected chi connectivity index (χ0v) is 18.6. The molecule has 0 radical (unpaired) electrons. The molecule has 2 aromatic rings. The molecular weight excluding hydrogens is 398 g/mol. The molecule has 7 heteroatoms. The molecule has 6 nitrogen and oxygen atoms in total. The van der Waals surface area contributed by atoms with Crippen LogP contribution >= 0.6 is 11.3 Å². The minimum Gasteiger partial charge on any atom is -0.302 e. The van der Waals surface area contributed by atoms with Gasteiger partial charge in [0.1, 0.15) is 0 Å². The van der Waals surface area contributed by atoms with Gasteiger partial charge in [-0.1, -0.05) is 50.6 Å². The maximum absolute atomic E-state index is 13.0. The highest BCUT2D eigenvalue weighted by Gasteiger charge is 2.64. The van der Waals surface area contributed by atoms with E-state index in [4.69, 9.17) is 0 Å². The highest BCUT2D eigenvalue weighted by Crippen LogP contribution is 2.60. The minimum atomic E-state index is -0.541. The van der Waals surface area contributed by atoms with Crippen molar-refractivity contribution < 1.29 is 14.4 Å². The van der Waals surface area contributed by atoms with Gasteiger partial charge in [0.2, 0.25) is 17.7 Å². The van der Waals surface area contributed by atoms with Crippen molar-refractivity contribution in [2.45, 2.75) is 47.0 Å². The lowest BCUT2D eigenvalue weighted by atomic mass is 9.62. The van der Waals surface area contributed by atoms with Gasteiger partial charge in [0, 0.05) is 29.8 Å². The van der Waals surface area contributed by atoms with Crippen molar-refractivity contribution in [2.75, 3.05) is 11.9 Å². The Labute approximate surface area is 180 Å². The molecule has 4 rings (SSSR count). The van der Waals surface area contributed by atoms with Crippen LogP contribution in [0, 0.1) is 23.7 Å². The molecule has 1 saturated carbocycles. The molecule has 2 atom stereocenters. The lowest BCUT2D eigenvalue weighted by Crippen LogP contribution is -2.59. The van der Waals surface area contributed by atoms with Gasteiger partial charge in [-0.2, -0.15) is 0 Å². The first-order valence-corrected chi connectivity index (χ1v) is 11.2. The van der Waals surface area contributed by atoms with E-state index in [2.05, 4.69) is 10.3 Å². The Hall–Kier alpha value is -2.54. The second kappa shape index (κ2) is 7.30. The van der Waals surface area contributed by atoms with Gasteiger partial charge in [-0.05, 0) is 25.2 Å². The van der Waals surface area contributed by atoms with Gasteiger partial charge < -0.3 is 5.32 Å². The normalized spacial score (nSPS) is 24.9. The number of piperidine rings is 1. The molecule has 2 fully saturated rings. The molecule has 1 saturated heterocycles. The lowest BCUT2D eigenvalue weighted by molar-refractivity contribution is -0.167. The first-order chi connectivity index (χ1) is 14.1. The number of thiazole rings is 1. The number of nitrogens with one attached hydrogen (secondary N) is 1. The summed E-state index contributed by atoms with van der Waals surface area (Å²) in [6.07, 6.45) is 1.52. The number of carbonyl (C=O) groups excluding carboxylic acids is 3. The van der Waals surface area contributed by atoms with Crippen molar-refractivity contribution in [1.29, 1.82) is 0 Å². The predicted molar refractivity (Wildman–Crippen MR) is 117 cm³/mol. The molecule has 158 valence electrons. The number of carbonyl (C=O) groups is 3. The number of rotatable bonds is 5. The minimum absolute atomic E-state index is 0.0696. The third kappa shape index (κ3) is 3.25. The fourth-order valence-corrected chi connectivity index (χ4v) is 5.43. The average molecular weight is 426 g/mol. The maximum atomic E-state index is 13.0. The first kappa shape index (κ1) is 20.7. The third-order valence-electron chi connectivity index (χ3n) is 7.17. The summed E-state index contributed by atoms with van der Waals surface area (Å²) >= 11 is 1.36. The molecule has 1 aliphatic carbocycles. The van der Waals surface area contributed by atoms with Crippen LogP contribution in [-0.2, 0) is 14.4 Å². The number of aromatic nitrogens is 1. The van der Waals surface area contributed by atoms with Crippen LogP contribution in [0.4, 0.5) is 5.13 Å². The molecule has 0 spiro atoms. The molecule has 2 unspecified atom stereocenters. The highest BCUT2D eigenvalue weighted by atomic mass is 32.1. The van der Waals surface area contributed by atoms with E-state index < -0.39 is 5.41 Å². The maximum Gasteiger partial charge on any atom is 0.235 e. The molecule has 2 heterocycles. The smallest absolute Gasteiger partial charge is 0.235 e. The Morgan fingerprint density at radius 1 is 1.23 bits per heavy atom. The SMILES string of the molecule is Cc1ccc(-c2csc(NC(=O)CCN3C(=O)C4CCC(C)(C3=O)C4(C)C)n2)cc1. The van der Waals surface area contributed by atoms with E-state index in [-0.39, 0.29) is 42.0 Å². The standard InChI is InChI=1S/C23H27N3O3S/c1-14-5-7-15(8-6-14)17-13-30-21(24-17)25-18(27)10-12-26-19(28)16-9-11-23(4,20(26)29)22(16,2)3/h5-8,13,16H,9-12H2,1-4H3,(H,24,25,27). The average Bonchev–Trinajstić information content (AvgIpc) is 3.22. The van der Waals surface area contributed by atoms with E-state index in [9.17, 15) is 14.4 Å². The Kier molecular flexibility index (Phi) is 5.04. The topological polar surface area (TPSA) is 79.4 Å². The van der Waals surface area contributed by atoms with Gasteiger partial charge in [-0.15, -0.1) is 11.3 Å².